The Kier molecular flexibility index (Phi) is 2.64. The smallest absolute Gasteiger partial charge is 0.354 e. The summed E-state index contributed by atoms with van der Waals surface area (Å²) in [5.74, 6) is -2.03. The SMILES string of the molecule is O=C(O)c1cc(-c2ccccc2)cc(F)n1. The van der Waals surface area contributed by atoms with Crippen molar-refractivity contribution >= 4 is 5.97 Å². The van der Waals surface area contributed by atoms with Crippen LogP contribution in [0.15, 0.2) is 42.5 Å². The first-order chi connectivity index (χ1) is 7.66. The molecule has 2 aromatic rings. The number of aromatic nitrogens is 1. The van der Waals surface area contributed by atoms with Crippen molar-refractivity contribution in [2.45, 2.75) is 0 Å². The van der Waals surface area contributed by atoms with Gasteiger partial charge in [-0.25, -0.2) is 9.78 Å². The molecule has 80 valence electrons. The van der Waals surface area contributed by atoms with E-state index in [9.17, 15) is 9.18 Å². The highest BCUT2D eigenvalue weighted by Crippen LogP contribution is 2.20. The van der Waals surface area contributed by atoms with E-state index >= 15 is 0 Å². The molecule has 0 amide bonds. The van der Waals surface area contributed by atoms with E-state index in [1.54, 1.807) is 24.3 Å². The van der Waals surface area contributed by atoms with Gasteiger partial charge in [0.25, 0.3) is 0 Å². The molecule has 0 fully saturated rings. The summed E-state index contributed by atoms with van der Waals surface area (Å²) in [6, 6.07) is 11.5. The van der Waals surface area contributed by atoms with Gasteiger partial charge in [0.2, 0.25) is 5.95 Å². The van der Waals surface area contributed by atoms with Crippen molar-refractivity contribution < 1.29 is 14.3 Å². The first kappa shape index (κ1) is 10.3. The summed E-state index contributed by atoms with van der Waals surface area (Å²) >= 11 is 0. The van der Waals surface area contributed by atoms with Crippen molar-refractivity contribution in [1.82, 2.24) is 4.98 Å². The third-order valence-electron chi connectivity index (χ3n) is 2.12. The van der Waals surface area contributed by atoms with Crippen molar-refractivity contribution in [3.05, 3.63) is 54.1 Å². The molecule has 0 radical (unpaired) electrons. The summed E-state index contributed by atoms with van der Waals surface area (Å²) in [6.45, 7) is 0. The number of halogens is 1. The van der Waals surface area contributed by atoms with Crippen molar-refractivity contribution in [2.24, 2.45) is 0 Å². The summed E-state index contributed by atoms with van der Waals surface area (Å²) in [5, 5.41) is 8.75. The number of benzene rings is 1. The largest absolute Gasteiger partial charge is 0.477 e. The maximum atomic E-state index is 13.1. The number of pyridine rings is 1. The van der Waals surface area contributed by atoms with Gasteiger partial charge in [-0.15, -0.1) is 0 Å². The molecule has 0 spiro atoms. The molecule has 0 unspecified atom stereocenters. The van der Waals surface area contributed by atoms with Crippen LogP contribution in [0, 0.1) is 5.95 Å². The molecule has 0 aliphatic rings. The number of rotatable bonds is 2. The number of carboxylic acid groups (broad SMARTS) is 1. The first-order valence-corrected chi connectivity index (χ1v) is 4.63. The zero-order valence-corrected chi connectivity index (χ0v) is 8.22. The lowest BCUT2D eigenvalue weighted by molar-refractivity contribution is 0.0689. The lowest BCUT2D eigenvalue weighted by Gasteiger charge is -2.02. The second-order valence-electron chi connectivity index (χ2n) is 3.23. The zero-order valence-electron chi connectivity index (χ0n) is 8.22. The molecule has 0 saturated carbocycles. The van der Waals surface area contributed by atoms with E-state index in [1.807, 2.05) is 6.07 Å². The second-order valence-corrected chi connectivity index (χ2v) is 3.23. The first-order valence-electron chi connectivity index (χ1n) is 4.63. The molecular formula is C12H8FNO2. The highest BCUT2D eigenvalue weighted by atomic mass is 19.1. The standard InChI is InChI=1S/C12H8FNO2/c13-11-7-9(6-10(14-11)12(15)16)8-4-2-1-3-5-8/h1-7H,(H,15,16). The van der Waals surface area contributed by atoms with Gasteiger partial charge in [-0.2, -0.15) is 4.39 Å². The van der Waals surface area contributed by atoms with Crippen LogP contribution >= 0.6 is 0 Å². The third kappa shape index (κ3) is 2.06. The minimum Gasteiger partial charge on any atom is -0.477 e. The van der Waals surface area contributed by atoms with E-state index in [2.05, 4.69) is 4.98 Å². The third-order valence-corrected chi connectivity index (χ3v) is 2.12. The molecule has 1 aromatic carbocycles. The Labute approximate surface area is 91.2 Å². The van der Waals surface area contributed by atoms with Crippen LogP contribution in [0.1, 0.15) is 10.5 Å². The summed E-state index contributed by atoms with van der Waals surface area (Å²) < 4.78 is 13.1. The van der Waals surface area contributed by atoms with Crippen LogP contribution < -0.4 is 0 Å². The Hall–Kier alpha value is -2.23. The molecule has 16 heavy (non-hydrogen) atoms. The normalized spacial score (nSPS) is 10.1. The van der Waals surface area contributed by atoms with Gasteiger partial charge in [-0.3, -0.25) is 0 Å². The van der Waals surface area contributed by atoms with Gasteiger partial charge in [0.15, 0.2) is 5.69 Å². The van der Waals surface area contributed by atoms with Crippen LogP contribution in [-0.4, -0.2) is 16.1 Å². The summed E-state index contributed by atoms with van der Waals surface area (Å²) in [6.07, 6.45) is 0. The molecule has 1 aromatic heterocycles. The molecule has 2 rings (SSSR count). The van der Waals surface area contributed by atoms with E-state index in [0.29, 0.717) is 5.56 Å². The number of carbonyl (C=O) groups is 1. The van der Waals surface area contributed by atoms with Gasteiger partial charge >= 0.3 is 5.97 Å². The van der Waals surface area contributed by atoms with Gasteiger partial charge in [0, 0.05) is 6.07 Å². The summed E-state index contributed by atoms with van der Waals surface area (Å²) in [5.41, 5.74) is 0.968. The maximum Gasteiger partial charge on any atom is 0.354 e. The minimum atomic E-state index is -1.24. The fourth-order valence-corrected chi connectivity index (χ4v) is 1.40. The molecule has 0 saturated heterocycles. The fraction of sp³-hybridized carbons (Fsp3) is 0. The van der Waals surface area contributed by atoms with E-state index in [0.717, 1.165) is 5.56 Å². The van der Waals surface area contributed by atoms with Crippen molar-refractivity contribution in [1.29, 1.82) is 0 Å². The molecule has 3 nitrogen and oxygen atoms in total. The Morgan fingerprint density at radius 1 is 1.12 bits per heavy atom. The van der Waals surface area contributed by atoms with Crippen LogP contribution in [0.25, 0.3) is 11.1 Å². The van der Waals surface area contributed by atoms with E-state index < -0.39 is 11.9 Å². The molecule has 0 aliphatic heterocycles. The van der Waals surface area contributed by atoms with Gasteiger partial charge in [-0.1, -0.05) is 30.3 Å². The molecule has 0 bridgehead atoms. The molecule has 0 aliphatic carbocycles. The van der Waals surface area contributed by atoms with Crippen molar-refractivity contribution in [3.8, 4) is 11.1 Å². The average molecular weight is 217 g/mol. The number of nitrogens with zero attached hydrogens (tertiary/aromatic N) is 1. The van der Waals surface area contributed by atoms with Crippen LogP contribution in [0.2, 0.25) is 0 Å². The topological polar surface area (TPSA) is 50.2 Å². The van der Waals surface area contributed by atoms with Gasteiger partial charge in [0.05, 0.1) is 0 Å². The van der Waals surface area contributed by atoms with E-state index in [-0.39, 0.29) is 5.69 Å². The second kappa shape index (κ2) is 4.10. The van der Waals surface area contributed by atoms with Gasteiger partial charge < -0.3 is 5.11 Å². The van der Waals surface area contributed by atoms with E-state index in [4.69, 9.17) is 5.11 Å². The summed E-state index contributed by atoms with van der Waals surface area (Å²) in [4.78, 5) is 14.0. The molecule has 1 N–H and O–H groups in total. The van der Waals surface area contributed by atoms with Crippen LogP contribution in [0.4, 0.5) is 4.39 Å². The Bertz CT molecular complexity index is 526. The molecular weight excluding hydrogens is 209 g/mol. The Morgan fingerprint density at radius 3 is 2.44 bits per heavy atom. The molecule has 1 heterocycles. The van der Waals surface area contributed by atoms with Gasteiger partial charge in [0.1, 0.15) is 0 Å². The van der Waals surface area contributed by atoms with Gasteiger partial charge in [-0.05, 0) is 17.2 Å². The Balaban J connectivity index is 2.54. The van der Waals surface area contributed by atoms with Crippen LogP contribution in [0.3, 0.4) is 0 Å². The van der Waals surface area contributed by atoms with Crippen molar-refractivity contribution in [3.63, 3.8) is 0 Å². The lowest BCUT2D eigenvalue weighted by atomic mass is 10.1. The predicted octanol–water partition coefficient (Wildman–Crippen LogP) is 2.59. The monoisotopic (exact) mass is 217 g/mol. The highest BCUT2D eigenvalue weighted by Gasteiger charge is 2.09. The number of hydrogen-bond acceptors (Lipinski definition) is 2. The van der Waals surface area contributed by atoms with E-state index in [1.165, 1.54) is 12.1 Å². The van der Waals surface area contributed by atoms with Crippen LogP contribution in [-0.2, 0) is 0 Å². The minimum absolute atomic E-state index is 0.293. The lowest BCUT2D eigenvalue weighted by Crippen LogP contribution is -2.02. The number of aromatic carboxylic acids is 1. The summed E-state index contributed by atoms with van der Waals surface area (Å²) in [7, 11) is 0. The number of hydrogen-bond donors (Lipinski definition) is 1. The quantitative estimate of drug-likeness (QED) is 0.786. The molecule has 4 heteroatoms. The molecule has 0 atom stereocenters. The fourth-order valence-electron chi connectivity index (χ4n) is 1.40. The number of carboxylic acids is 1. The van der Waals surface area contributed by atoms with Crippen LogP contribution in [0.5, 0.6) is 0 Å². The Morgan fingerprint density at radius 2 is 1.81 bits per heavy atom. The highest BCUT2D eigenvalue weighted by molar-refractivity contribution is 5.87. The predicted molar refractivity (Wildman–Crippen MR) is 56.6 cm³/mol. The van der Waals surface area contributed by atoms with Crippen molar-refractivity contribution in [2.75, 3.05) is 0 Å². The average Bonchev–Trinajstić information content (AvgIpc) is 2.29. The zero-order chi connectivity index (χ0) is 11.5. The maximum absolute atomic E-state index is 13.1.